The Hall–Kier alpha value is -3.81. The quantitative estimate of drug-likeness (QED) is 0.329. The Balaban J connectivity index is 1.78. The van der Waals surface area contributed by atoms with Gasteiger partial charge in [0.25, 0.3) is 5.91 Å². The van der Waals surface area contributed by atoms with Crippen LogP contribution in [0.2, 0.25) is 0 Å². The van der Waals surface area contributed by atoms with Gasteiger partial charge in [-0.25, -0.2) is 0 Å². The zero-order chi connectivity index (χ0) is 27.3. The van der Waals surface area contributed by atoms with Crippen LogP contribution in [0.1, 0.15) is 58.3 Å². The summed E-state index contributed by atoms with van der Waals surface area (Å²) in [7, 11) is 0. The van der Waals surface area contributed by atoms with Crippen molar-refractivity contribution in [3.05, 3.63) is 94.6 Å². The highest BCUT2D eigenvalue weighted by Crippen LogP contribution is 2.49. The van der Waals surface area contributed by atoms with Crippen LogP contribution >= 0.6 is 0 Å². The number of carboxylic acids is 1. The van der Waals surface area contributed by atoms with Gasteiger partial charge in [0.1, 0.15) is 5.75 Å². The minimum absolute atomic E-state index is 0.256. The second kappa shape index (κ2) is 11.5. The minimum Gasteiger partial charge on any atom is -0.493 e. The molecule has 0 aromatic heterocycles. The average molecular weight is 514 g/mol. The smallest absolute Gasteiger partial charge is 0.418 e. The fraction of sp³-hybridized carbons (Fsp3) is 0.310. The highest BCUT2D eigenvalue weighted by Gasteiger charge is 2.45. The number of anilines is 1. The summed E-state index contributed by atoms with van der Waals surface area (Å²) in [5.41, 5.74) is 1.57. The van der Waals surface area contributed by atoms with Crippen molar-refractivity contribution >= 4 is 17.6 Å². The SMILES string of the molecule is C=C/C=C\C=C(/C)CCOc1cc(C)c(C(=O)Nc2cc([C@H]3C[C@H]3C(=O)O)ccc2C(F)(F)F)c(C)c1. The fourth-order valence-corrected chi connectivity index (χ4v) is 4.24. The summed E-state index contributed by atoms with van der Waals surface area (Å²) in [6.07, 6.45) is 3.73. The van der Waals surface area contributed by atoms with Crippen molar-refractivity contribution in [1.82, 2.24) is 0 Å². The van der Waals surface area contributed by atoms with Crippen LogP contribution in [0.5, 0.6) is 5.75 Å². The molecule has 3 rings (SSSR count). The molecule has 8 heteroatoms. The molecule has 0 saturated heterocycles. The lowest BCUT2D eigenvalue weighted by Gasteiger charge is -2.17. The molecule has 0 bridgehead atoms. The van der Waals surface area contributed by atoms with E-state index >= 15 is 0 Å². The highest BCUT2D eigenvalue weighted by atomic mass is 19.4. The Morgan fingerprint density at radius 3 is 2.41 bits per heavy atom. The minimum atomic E-state index is -4.69. The molecule has 2 aromatic rings. The predicted molar refractivity (Wildman–Crippen MR) is 137 cm³/mol. The molecule has 0 spiro atoms. The molecule has 196 valence electrons. The lowest BCUT2D eigenvalue weighted by atomic mass is 10.00. The zero-order valence-electron chi connectivity index (χ0n) is 21.0. The first-order chi connectivity index (χ1) is 17.4. The summed E-state index contributed by atoms with van der Waals surface area (Å²) in [4.78, 5) is 24.3. The predicted octanol–water partition coefficient (Wildman–Crippen LogP) is 7.22. The number of carbonyl (C=O) groups excluding carboxylic acids is 1. The zero-order valence-corrected chi connectivity index (χ0v) is 21.0. The third kappa shape index (κ3) is 7.12. The first kappa shape index (κ1) is 27.8. The van der Waals surface area contributed by atoms with Crippen molar-refractivity contribution < 1.29 is 32.6 Å². The van der Waals surface area contributed by atoms with E-state index in [0.29, 0.717) is 41.9 Å². The van der Waals surface area contributed by atoms with Crippen molar-refractivity contribution in [2.24, 2.45) is 5.92 Å². The molecule has 2 N–H and O–H groups in total. The van der Waals surface area contributed by atoms with E-state index < -0.39 is 35.2 Å². The van der Waals surface area contributed by atoms with Crippen LogP contribution in [0.4, 0.5) is 18.9 Å². The van der Waals surface area contributed by atoms with Crippen molar-refractivity contribution in [1.29, 1.82) is 0 Å². The van der Waals surface area contributed by atoms with E-state index in [1.54, 1.807) is 32.1 Å². The van der Waals surface area contributed by atoms with E-state index in [0.717, 1.165) is 11.6 Å². The van der Waals surface area contributed by atoms with Crippen LogP contribution in [0.25, 0.3) is 0 Å². The Labute approximate surface area is 214 Å². The molecular formula is C29H30F3NO4. The number of alkyl halides is 3. The monoisotopic (exact) mass is 513 g/mol. The Kier molecular flexibility index (Phi) is 8.63. The molecule has 2 atom stereocenters. The lowest BCUT2D eigenvalue weighted by Crippen LogP contribution is -2.19. The second-order valence-corrected chi connectivity index (χ2v) is 9.21. The molecular weight excluding hydrogens is 483 g/mol. The molecule has 0 radical (unpaired) electrons. The molecule has 2 aromatic carbocycles. The maximum absolute atomic E-state index is 13.7. The van der Waals surface area contributed by atoms with Gasteiger partial charge in [0.15, 0.2) is 0 Å². The van der Waals surface area contributed by atoms with Gasteiger partial charge in [-0.05, 0) is 74.1 Å². The first-order valence-corrected chi connectivity index (χ1v) is 11.9. The number of halogens is 3. The highest BCUT2D eigenvalue weighted by molar-refractivity contribution is 6.07. The number of carbonyl (C=O) groups is 2. The van der Waals surface area contributed by atoms with Crippen molar-refractivity contribution in [2.75, 3.05) is 11.9 Å². The number of hydrogen-bond acceptors (Lipinski definition) is 3. The Morgan fingerprint density at radius 1 is 1.16 bits per heavy atom. The van der Waals surface area contributed by atoms with Gasteiger partial charge in [0.05, 0.1) is 23.8 Å². The largest absolute Gasteiger partial charge is 0.493 e. The summed E-state index contributed by atoms with van der Waals surface area (Å²) < 4.78 is 46.8. The summed E-state index contributed by atoms with van der Waals surface area (Å²) >= 11 is 0. The van der Waals surface area contributed by atoms with Gasteiger partial charge >= 0.3 is 12.1 Å². The number of benzene rings is 2. The van der Waals surface area contributed by atoms with E-state index in [4.69, 9.17) is 4.74 Å². The van der Waals surface area contributed by atoms with Crippen LogP contribution in [-0.2, 0) is 11.0 Å². The number of rotatable bonds is 10. The molecule has 0 heterocycles. The molecule has 1 aliphatic rings. The van der Waals surface area contributed by atoms with Gasteiger partial charge in [0, 0.05) is 12.0 Å². The molecule has 0 unspecified atom stereocenters. The molecule has 0 aliphatic heterocycles. The number of aliphatic carboxylic acids is 1. The molecule has 5 nitrogen and oxygen atoms in total. The summed E-state index contributed by atoms with van der Waals surface area (Å²) in [5, 5.41) is 11.6. The van der Waals surface area contributed by atoms with Crippen LogP contribution in [-0.4, -0.2) is 23.6 Å². The first-order valence-electron chi connectivity index (χ1n) is 11.9. The Morgan fingerprint density at radius 2 is 1.84 bits per heavy atom. The van der Waals surface area contributed by atoms with Crippen molar-refractivity contribution in [3.63, 3.8) is 0 Å². The normalized spacial score (nSPS) is 17.5. The lowest BCUT2D eigenvalue weighted by molar-refractivity contribution is -0.139. The van der Waals surface area contributed by atoms with Crippen LogP contribution < -0.4 is 10.1 Å². The van der Waals surface area contributed by atoms with Crippen LogP contribution in [0.3, 0.4) is 0 Å². The van der Waals surface area contributed by atoms with E-state index in [9.17, 15) is 27.9 Å². The molecule has 1 fully saturated rings. The number of allylic oxidation sites excluding steroid dienone is 4. The van der Waals surface area contributed by atoms with E-state index in [2.05, 4.69) is 11.9 Å². The number of aryl methyl sites for hydroxylation is 2. The van der Waals surface area contributed by atoms with E-state index in [1.165, 1.54) is 12.1 Å². The molecule has 37 heavy (non-hydrogen) atoms. The van der Waals surface area contributed by atoms with Gasteiger partial charge in [-0.15, -0.1) is 0 Å². The fourth-order valence-electron chi connectivity index (χ4n) is 4.24. The van der Waals surface area contributed by atoms with Crippen molar-refractivity contribution in [3.8, 4) is 5.75 Å². The van der Waals surface area contributed by atoms with Crippen LogP contribution in [0, 0.1) is 19.8 Å². The van der Waals surface area contributed by atoms with Gasteiger partial charge in [-0.2, -0.15) is 13.2 Å². The summed E-state index contributed by atoms with van der Waals surface area (Å²) in [6.45, 7) is 9.42. The number of hydrogen-bond donors (Lipinski definition) is 2. The third-order valence-corrected chi connectivity index (χ3v) is 6.26. The second-order valence-electron chi connectivity index (χ2n) is 9.21. The van der Waals surface area contributed by atoms with Crippen molar-refractivity contribution in [2.45, 2.75) is 45.7 Å². The maximum atomic E-state index is 13.7. The summed E-state index contributed by atoms with van der Waals surface area (Å²) in [5.74, 6) is -2.10. The van der Waals surface area contributed by atoms with Crippen LogP contribution in [0.15, 0.2) is 66.8 Å². The number of nitrogens with one attached hydrogen (secondary N) is 1. The molecule has 1 amide bonds. The average Bonchev–Trinajstić information content (AvgIpc) is 3.59. The van der Waals surface area contributed by atoms with Gasteiger partial charge in [-0.3, -0.25) is 9.59 Å². The van der Waals surface area contributed by atoms with E-state index in [-0.39, 0.29) is 11.5 Å². The van der Waals surface area contributed by atoms with Gasteiger partial charge < -0.3 is 15.2 Å². The van der Waals surface area contributed by atoms with E-state index in [1.807, 2.05) is 25.2 Å². The topological polar surface area (TPSA) is 75.6 Å². The number of carboxylic acid groups (broad SMARTS) is 1. The number of amides is 1. The standard InChI is InChI=1S/C29H30F3NO4/c1-5-6-7-8-17(2)11-12-37-21-13-18(3)26(19(4)14-21)27(34)33-25-15-20(22-16-23(22)28(35)36)9-10-24(25)29(30,31)32/h5-10,13-15,22-23H,1,11-12,16H2,2-4H3,(H,33,34)(H,35,36)/b7-6-,17-8+/t22-,23-/m1/s1. The molecule has 1 saturated carbocycles. The Bertz CT molecular complexity index is 1240. The maximum Gasteiger partial charge on any atom is 0.418 e. The van der Waals surface area contributed by atoms with Gasteiger partial charge in [-0.1, -0.05) is 42.5 Å². The van der Waals surface area contributed by atoms with Gasteiger partial charge in [0.2, 0.25) is 0 Å². The molecule has 1 aliphatic carbocycles. The third-order valence-electron chi connectivity index (χ3n) is 6.26. The number of ether oxygens (including phenoxy) is 1. The summed E-state index contributed by atoms with van der Waals surface area (Å²) in [6, 6.07) is 6.77.